The Bertz CT molecular complexity index is 459. The normalized spacial score (nSPS) is 9.95. The van der Waals surface area contributed by atoms with Gasteiger partial charge < -0.3 is 14.2 Å². The third-order valence-corrected chi connectivity index (χ3v) is 2.99. The Hall–Kier alpha value is -1.83. The summed E-state index contributed by atoms with van der Waals surface area (Å²) in [6.45, 7) is 1.95. The van der Waals surface area contributed by atoms with Crippen molar-refractivity contribution in [2.24, 2.45) is 0 Å². The van der Waals surface area contributed by atoms with Crippen molar-refractivity contribution in [1.82, 2.24) is 9.97 Å². The molecule has 0 fully saturated rings. The molecule has 1 aromatic rings. The molecular weight excluding hydrogens is 284 g/mol. The zero-order chi connectivity index (χ0) is 15.0. The van der Waals surface area contributed by atoms with Gasteiger partial charge in [0.15, 0.2) is 10.9 Å². The van der Waals surface area contributed by atoms with Crippen molar-refractivity contribution in [3.8, 4) is 11.8 Å². The molecule has 0 radical (unpaired) electrons. The number of hydrogen-bond donors (Lipinski definition) is 0. The molecule has 0 aliphatic heterocycles. The largest absolute Gasteiger partial charge is 0.481 e. The van der Waals surface area contributed by atoms with Crippen LogP contribution >= 0.6 is 11.8 Å². The summed E-state index contributed by atoms with van der Waals surface area (Å²) in [4.78, 5) is 30.8. The third-order valence-electron chi connectivity index (χ3n) is 2.09. The molecule has 0 aliphatic carbocycles. The standard InChI is InChI=1S/C12H16N2O5S/c1-4-19-11(16)5-8(15)7-20-12-13-9(17-2)6-10(14-12)18-3/h6H,4-5,7H2,1-3H3. The number of esters is 1. The van der Waals surface area contributed by atoms with Gasteiger partial charge in [0.25, 0.3) is 0 Å². The van der Waals surface area contributed by atoms with Crippen LogP contribution in [0.15, 0.2) is 11.2 Å². The van der Waals surface area contributed by atoms with Gasteiger partial charge in [0, 0.05) is 0 Å². The fraction of sp³-hybridized carbons (Fsp3) is 0.500. The van der Waals surface area contributed by atoms with E-state index in [4.69, 9.17) is 14.2 Å². The molecule has 0 saturated heterocycles. The second kappa shape index (κ2) is 8.36. The Labute approximate surface area is 121 Å². The number of thioether (sulfide) groups is 1. The summed E-state index contributed by atoms with van der Waals surface area (Å²) in [5.41, 5.74) is 0. The van der Waals surface area contributed by atoms with E-state index in [1.807, 2.05) is 0 Å². The monoisotopic (exact) mass is 300 g/mol. The van der Waals surface area contributed by atoms with Gasteiger partial charge in [0.1, 0.15) is 6.42 Å². The summed E-state index contributed by atoms with van der Waals surface area (Å²) in [6, 6.07) is 1.53. The SMILES string of the molecule is CCOC(=O)CC(=O)CSc1nc(OC)cc(OC)n1. The first-order chi connectivity index (χ1) is 9.58. The third kappa shape index (κ3) is 5.43. The fourth-order valence-electron chi connectivity index (χ4n) is 1.23. The topological polar surface area (TPSA) is 87.6 Å². The van der Waals surface area contributed by atoms with E-state index in [2.05, 4.69) is 9.97 Å². The number of nitrogens with zero attached hydrogens (tertiary/aromatic N) is 2. The molecule has 0 unspecified atom stereocenters. The lowest BCUT2D eigenvalue weighted by molar-refractivity contribution is -0.145. The van der Waals surface area contributed by atoms with Crippen molar-refractivity contribution in [2.45, 2.75) is 18.5 Å². The Morgan fingerprint density at radius 1 is 1.20 bits per heavy atom. The molecule has 20 heavy (non-hydrogen) atoms. The number of methoxy groups -OCH3 is 2. The zero-order valence-electron chi connectivity index (χ0n) is 11.5. The van der Waals surface area contributed by atoms with E-state index in [0.29, 0.717) is 16.9 Å². The lowest BCUT2D eigenvalue weighted by Gasteiger charge is -2.05. The first-order valence-electron chi connectivity index (χ1n) is 5.86. The second-order valence-corrected chi connectivity index (χ2v) is 4.49. The number of hydrogen-bond acceptors (Lipinski definition) is 8. The molecule has 0 aliphatic rings. The summed E-state index contributed by atoms with van der Waals surface area (Å²) >= 11 is 1.11. The first kappa shape index (κ1) is 16.2. The minimum atomic E-state index is -0.526. The maximum absolute atomic E-state index is 11.6. The highest BCUT2D eigenvalue weighted by Gasteiger charge is 2.13. The summed E-state index contributed by atoms with van der Waals surface area (Å²) < 4.78 is 14.7. The Balaban J connectivity index is 2.56. The molecule has 0 spiro atoms. The van der Waals surface area contributed by atoms with Crippen LogP contribution in [0.1, 0.15) is 13.3 Å². The average molecular weight is 300 g/mol. The van der Waals surface area contributed by atoms with Gasteiger partial charge in [-0.3, -0.25) is 9.59 Å². The summed E-state index contributed by atoms with van der Waals surface area (Å²) in [5, 5.41) is 0.346. The molecule has 110 valence electrons. The molecule has 0 amide bonds. The molecule has 0 N–H and O–H groups in total. The predicted molar refractivity (Wildman–Crippen MR) is 72.1 cm³/mol. The van der Waals surface area contributed by atoms with Crippen molar-refractivity contribution in [2.75, 3.05) is 26.6 Å². The van der Waals surface area contributed by atoms with E-state index in [0.717, 1.165) is 11.8 Å². The molecule has 7 nitrogen and oxygen atoms in total. The number of carbonyl (C=O) groups is 2. The van der Waals surface area contributed by atoms with Gasteiger partial charge in [-0.25, -0.2) is 0 Å². The molecule has 1 rings (SSSR count). The van der Waals surface area contributed by atoms with Crippen molar-refractivity contribution >= 4 is 23.5 Å². The van der Waals surface area contributed by atoms with E-state index < -0.39 is 5.97 Å². The molecular formula is C12H16N2O5S. The van der Waals surface area contributed by atoms with Crippen molar-refractivity contribution in [3.63, 3.8) is 0 Å². The van der Waals surface area contributed by atoms with Crippen LogP contribution in [0.4, 0.5) is 0 Å². The lowest BCUT2D eigenvalue weighted by atomic mass is 10.3. The van der Waals surface area contributed by atoms with E-state index in [9.17, 15) is 9.59 Å². The molecule has 8 heteroatoms. The van der Waals surface area contributed by atoms with Crippen molar-refractivity contribution in [3.05, 3.63) is 6.07 Å². The van der Waals surface area contributed by atoms with Crippen molar-refractivity contribution < 1.29 is 23.8 Å². The zero-order valence-corrected chi connectivity index (χ0v) is 12.4. The van der Waals surface area contributed by atoms with Crippen LogP contribution in [0, 0.1) is 0 Å². The smallest absolute Gasteiger partial charge is 0.313 e. The number of carbonyl (C=O) groups excluding carboxylic acids is 2. The fourth-order valence-corrected chi connectivity index (χ4v) is 1.93. The average Bonchev–Trinajstić information content (AvgIpc) is 2.44. The van der Waals surface area contributed by atoms with E-state index in [-0.39, 0.29) is 24.6 Å². The van der Waals surface area contributed by atoms with Crippen LogP contribution in [-0.4, -0.2) is 48.3 Å². The van der Waals surface area contributed by atoms with Crippen molar-refractivity contribution in [1.29, 1.82) is 0 Å². The number of rotatable bonds is 8. The van der Waals surface area contributed by atoms with E-state index >= 15 is 0 Å². The van der Waals surface area contributed by atoms with E-state index in [1.165, 1.54) is 20.3 Å². The number of Topliss-reactive ketones (excluding diaryl/α,β-unsaturated/α-hetero) is 1. The number of aromatic nitrogens is 2. The molecule has 0 saturated carbocycles. The van der Waals surface area contributed by atoms with Gasteiger partial charge >= 0.3 is 5.97 Å². The van der Waals surface area contributed by atoms with Crippen LogP contribution in [0.25, 0.3) is 0 Å². The van der Waals surface area contributed by atoms with E-state index in [1.54, 1.807) is 6.92 Å². The molecule has 1 aromatic heterocycles. The van der Waals surface area contributed by atoms with Gasteiger partial charge in [-0.1, -0.05) is 11.8 Å². The Morgan fingerprint density at radius 2 is 1.80 bits per heavy atom. The van der Waals surface area contributed by atoms with Gasteiger partial charge in [-0.05, 0) is 6.92 Å². The number of ketones is 1. The second-order valence-electron chi connectivity index (χ2n) is 3.54. The van der Waals surface area contributed by atoms with Gasteiger partial charge in [0.2, 0.25) is 11.8 Å². The Morgan fingerprint density at radius 3 is 2.30 bits per heavy atom. The van der Waals surface area contributed by atoms with Crippen LogP contribution in [0.5, 0.6) is 11.8 Å². The molecule has 1 heterocycles. The summed E-state index contributed by atoms with van der Waals surface area (Å²) in [5.74, 6) is -0.00903. The van der Waals surface area contributed by atoms with Crippen LogP contribution in [0.3, 0.4) is 0 Å². The first-order valence-corrected chi connectivity index (χ1v) is 6.84. The van der Waals surface area contributed by atoms with Crippen LogP contribution in [0.2, 0.25) is 0 Å². The highest BCUT2D eigenvalue weighted by Crippen LogP contribution is 2.21. The van der Waals surface area contributed by atoms with Gasteiger partial charge in [0.05, 0.1) is 32.6 Å². The summed E-state index contributed by atoms with van der Waals surface area (Å²) in [7, 11) is 2.95. The Kier molecular flexibility index (Phi) is 6.78. The maximum atomic E-state index is 11.6. The lowest BCUT2D eigenvalue weighted by Crippen LogP contribution is -2.13. The van der Waals surface area contributed by atoms with Gasteiger partial charge in [-0.15, -0.1) is 0 Å². The molecule has 0 bridgehead atoms. The quantitative estimate of drug-likeness (QED) is 0.305. The van der Waals surface area contributed by atoms with Crippen LogP contribution < -0.4 is 9.47 Å². The minimum Gasteiger partial charge on any atom is -0.481 e. The summed E-state index contributed by atoms with van der Waals surface area (Å²) in [6.07, 6.45) is -0.248. The highest BCUT2D eigenvalue weighted by molar-refractivity contribution is 7.99. The highest BCUT2D eigenvalue weighted by atomic mass is 32.2. The van der Waals surface area contributed by atoms with Gasteiger partial charge in [-0.2, -0.15) is 9.97 Å². The molecule has 0 aromatic carbocycles. The van der Waals surface area contributed by atoms with Crippen LogP contribution in [-0.2, 0) is 14.3 Å². The predicted octanol–water partition coefficient (Wildman–Crippen LogP) is 1.11. The minimum absolute atomic E-state index is 0.0785. The number of ether oxygens (including phenoxy) is 3. The maximum Gasteiger partial charge on any atom is 0.313 e. The molecule has 0 atom stereocenters.